The molecule has 7 nitrogen and oxygen atoms in total. The normalized spacial score (nSPS) is 10.6. The molecule has 4 rings (SSSR count). The van der Waals surface area contributed by atoms with Gasteiger partial charge in [0.2, 0.25) is 11.8 Å². The highest BCUT2D eigenvalue weighted by atomic mass is 16.5. The molecule has 2 aromatic carbocycles. The highest BCUT2D eigenvalue weighted by molar-refractivity contribution is 5.98. The first-order valence-corrected chi connectivity index (χ1v) is 10.2. The van der Waals surface area contributed by atoms with Crippen LogP contribution in [0.25, 0.3) is 22.4 Å². The highest BCUT2D eigenvalue weighted by Gasteiger charge is 2.24. The molecule has 0 fully saturated rings. The number of aryl methyl sites for hydroxylation is 1. The average molecular weight is 429 g/mol. The Hall–Kier alpha value is -4.13. The Balaban J connectivity index is 1.69. The quantitative estimate of drug-likeness (QED) is 0.425. The van der Waals surface area contributed by atoms with Crippen LogP contribution in [0.2, 0.25) is 0 Å². The molecule has 0 atom stereocenters. The van der Waals surface area contributed by atoms with Crippen molar-refractivity contribution in [3.63, 3.8) is 0 Å². The molecular weight excluding hydrogens is 406 g/mol. The van der Waals surface area contributed by atoms with Gasteiger partial charge in [-0.15, -0.1) is 0 Å². The summed E-state index contributed by atoms with van der Waals surface area (Å²) in [7, 11) is 3.15. The Bertz CT molecular complexity index is 1190. The largest absolute Gasteiger partial charge is 0.493 e. The lowest BCUT2D eigenvalue weighted by Gasteiger charge is -2.12. The lowest BCUT2D eigenvalue weighted by atomic mass is 10.0. The number of methoxy groups -OCH3 is 2. The van der Waals surface area contributed by atoms with Gasteiger partial charge in [-0.1, -0.05) is 41.6 Å². The molecule has 4 aromatic rings. The number of hydrogen-bond donors (Lipinski definition) is 1. The number of benzene rings is 2. The maximum absolute atomic E-state index is 12.7. The number of ether oxygens (including phenoxy) is 2. The second-order valence-electron chi connectivity index (χ2n) is 7.05. The predicted molar refractivity (Wildman–Crippen MR) is 122 cm³/mol. The van der Waals surface area contributed by atoms with Gasteiger partial charge < -0.3 is 14.0 Å². The number of nitrogens with one attached hydrogen (secondary N) is 1. The Labute approximate surface area is 186 Å². The Morgan fingerprint density at radius 1 is 0.969 bits per heavy atom. The van der Waals surface area contributed by atoms with Crippen molar-refractivity contribution in [2.45, 2.75) is 12.8 Å². The maximum atomic E-state index is 12.7. The molecule has 0 bridgehead atoms. The minimum absolute atomic E-state index is 0.163. The van der Waals surface area contributed by atoms with Crippen LogP contribution in [0.3, 0.4) is 0 Å². The molecule has 1 amide bonds. The number of carbonyl (C=O) groups excluding carboxylic acids is 1. The van der Waals surface area contributed by atoms with Crippen LogP contribution in [0.15, 0.2) is 77.6 Å². The molecule has 0 saturated carbocycles. The van der Waals surface area contributed by atoms with Crippen LogP contribution < -0.4 is 14.8 Å². The SMILES string of the molecule is COc1cccc(-c2noc(NC(=O)CCc3ccccc3)c2-c2ccncc2)c1OC. The van der Waals surface area contributed by atoms with Crippen molar-refractivity contribution in [2.24, 2.45) is 0 Å². The zero-order chi connectivity index (χ0) is 22.3. The first-order valence-electron chi connectivity index (χ1n) is 10.2. The van der Waals surface area contributed by atoms with Crippen molar-refractivity contribution in [3.05, 3.63) is 78.6 Å². The van der Waals surface area contributed by atoms with Gasteiger partial charge in [0.25, 0.3) is 0 Å². The minimum atomic E-state index is -0.163. The number of para-hydroxylation sites is 1. The molecule has 0 saturated heterocycles. The molecule has 0 spiro atoms. The molecule has 162 valence electrons. The summed E-state index contributed by atoms with van der Waals surface area (Å²) in [6, 6.07) is 19.1. The minimum Gasteiger partial charge on any atom is -0.493 e. The monoisotopic (exact) mass is 429 g/mol. The number of aromatic nitrogens is 2. The molecule has 0 aliphatic rings. The molecule has 0 radical (unpaired) electrons. The van der Waals surface area contributed by atoms with E-state index in [1.54, 1.807) is 32.7 Å². The summed E-state index contributed by atoms with van der Waals surface area (Å²) in [5, 5.41) is 7.15. The van der Waals surface area contributed by atoms with E-state index in [-0.39, 0.29) is 11.8 Å². The van der Waals surface area contributed by atoms with Crippen molar-refractivity contribution in [1.82, 2.24) is 10.1 Å². The van der Waals surface area contributed by atoms with E-state index >= 15 is 0 Å². The number of nitrogens with zero attached hydrogens (tertiary/aromatic N) is 2. The van der Waals surface area contributed by atoms with Gasteiger partial charge in [0.15, 0.2) is 11.5 Å². The van der Waals surface area contributed by atoms with Crippen LogP contribution in [-0.2, 0) is 11.2 Å². The van der Waals surface area contributed by atoms with Gasteiger partial charge in [-0.05, 0) is 41.8 Å². The van der Waals surface area contributed by atoms with E-state index in [4.69, 9.17) is 14.0 Å². The number of rotatable bonds is 8. The van der Waals surface area contributed by atoms with E-state index in [2.05, 4.69) is 15.5 Å². The number of hydrogen-bond acceptors (Lipinski definition) is 6. The summed E-state index contributed by atoms with van der Waals surface area (Å²) in [5.74, 6) is 1.21. The van der Waals surface area contributed by atoms with Crippen LogP contribution in [0.5, 0.6) is 11.5 Å². The Morgan fingerprint density at radius 3 is 2.47 bits per heavy atom. The molecule has 32 heavy (non-hydrogen) atoms. The summed E-state index contributed by atoms with van der Waals surface area (Å²) >= 11 is 0. The zero-order valence-electron chi connectivity index (χ0n) is 17.9. The fourth-order valence-corrected chi connectivity index (χ4v) is 3.51. The van der Waals surface area contributed by atoms with E-state index in [1.165, 1.54) is 0 Å². The van der Waals surface area contributed by atoms with Crippen molar-refractivity contribution >= 4 is 11.8 Å². The van der Waals surface area contributed by atoms with E-state index in [1.807, 2.05) is 54.6 Å². The lowest BCUT2D eigenvalue weighted by molar-refractivity contribution is -0.116. The molecule has 1 N–H and O–H groups in total. The van der Waals surface area contributed by atoms with Gasteiger partial charge in [0, 0.05) is 18.8 Å². The smallest absolute Gasteiger partial charge is 0.239 e. The fourth-order valence-electron chi connectivity index (χ4n) is 3.51. The average Bonchev–Trinajstić information content (AvgIpc) is 3.26. The Morgan fingerprint density at radius 2 is 1.75 bits per heavy atom. The van der Waals surface area contributed by atoms with E-state index in [9.17, 15) is 4.79 Å². The molecule has 0 aliphatic carbocycles. The molecule has 2 heterocycles. The first-order chi connectivity index (χ1) is 15.7. The summed E-state index contributed by atoms with van der Waals surface area (Å²) in [6.45, 7) is 0. The van der Waals surface area contributed by atoms with Crippen molar-refractivity contribution in [2.75, 3.05) is 19.5 Å². The summed E-state index contributed by atoms with van der Waals surface area (Å²) in [6.07, 6.45) is 4.30. The zero-order valence-corrected chi connectivity index (χ0v) is 17.9. The van der Waals surface area contributed by atoms with E-state index in [0.717, 1.165) is 11.1 Å². The van der Waals surface area contributed by atoms with Crippen LogP contribution in [0, 0.1) is 0 Å². The maximum Gasteiger partial charge on any atom is 0.239 e. The third-order valence-corrected chi connectivity index (χ3v) is 5.06. The van der Waals surface area contributed by atoms with E-state index in [0.29, 0.717) is 41.2 Å². The lowest BCUT2D eigenvalue weighted by Crippen LogP contribution is -2.12. The summed E-state index contributed by atoms with van der Waals surface area (Å²) in [5.41, 5.74) is 3.76. The predicted octanol–water partition coefficient (Wildman–Crippen LogP) is 4.99. The Kier molecular flexibility index (Phi) is 6.46. The van der Waals surface area contributed by atoms with Crippen LogP contribution in [0.4, 0.5) is 5.88 Å². The molecule has 7 heteroatoms. The first kappa shape index (κ1) is 21.1. The van der Waals surface area contributed by atoms with Crippen molar-refractivity contribution in [3.8, 4) is 33.9 Å². The van der Waals surface area contributed by atoms with E-state index < -0.39 is 0 Å². The van der Waals surface area contributed by atoms with Gasteiger partial charge in [-0.3, -0.25) is 15.1 Å². The van der Waals surface area contributed by atoms with Gasteiger partial charge in [-0.25, -0.2) is 0 Å². The molecule has 0 aliphatic heterocycles. The number of anilines is 1. The molecule has 2 aromatic heterocycles. The third-order valence-electron chi connectivity index (χ3n) is 5.06. The standard InChI is InChI=1S/C25H23N3O4/c1-30-20-10-6-9-19(24(20)31-2)23-22(18-13-15-26-16-14-18)25(32-28-23)27-21(29)12-11-17-7-4-3-5-8-17/h3-10,13-16H,11-12H2,1-2H3,(H,27,29). The topological polar surface area (TPSA) is 86.5 Å². The van der Waals surface area contributed by atoms with Gasteiger partial charge >= 0.3 is 0 Å². The number of pyridine rings is 1. The van der Waals surface area contributed by atoms with Gasteiger partial charge in [0.05, 0.1) is 25.3 Å². The summed E-state index contributed by atoms with van der Waals surface area (Å²) < 4.78 is 16.6. The number of carbonyl (C=O) groups is 1. The van der Waals surface area contributed by atoms with Crippen molar-refractivity contribution in [1.29, 1.82) is 0 Å². The second kappa shape index (κ2) is 9.78. The van der Waals surface area contributed by atoms with Crippen molar-refractivity contribution < 1.29 is 18.8 Å². The third kappa shape index (κ3) is 4.46. The van der Waals surface area contributed by atoms with Gasteiger partial charge in [0.1, 0.15) is 5.69 Å². The fraction of sp³-hybridized carbons (Fsp3) is 0.160. The van der Waals surface area contributed by atoms with Gasteiger partial charge in [-0.2, -0.15) is 0 Å². The van der Waals surface area contributed by atoms with Crippen LogP contribution in [-0.4, -0.2) is 30.3 Å². The van der Waals surface area contributed by atoms with Crippen LogP contribution in [0.1, 0.15) is 12.0 Å². The highest BCUT2D eigenvalue weighted by Crippen LogP contribution is 2.44. The molecule has 0 unspecified atom stereocenters. The molecular formula is C25H23N3O4. The van der Waals surface area contributed by atoms with Crippen LogP contribution >= 0.6 is 0 Å². The second-order valence-corrected chi connectivity index (χ2v) is 7.05. The number of amides is 1. The summed E-state index contributed by atoms with van der Waals surface area (Å²) in [4.78, 5) is 16.8.